The Balaban J connectivity index is 2.16. The number of rotatable bonds is 0. The summed E-state index contributed by atoms with van der Waals surface area (Å²) in [5.74, 6) is 1.10. The molecule has 2 rings (SSSR count). The van der Waals surface area contributed by atoms with Crippen LogP contribution in [0, 0.1) is 11.8 Å². The molecule has 2 aliphatic rings. The van der Waals surface area contributed by atoms with Gasteiger partial charge in [-0.1, -0.05) is 0 Å². The van der Waals surface area contributed by atoms with E-state index in [4.69, 9.17) is 5.73 Å². The minimum Gasteiger partial charge on any atom is -0.390 e. The third-order valence-electron chi connectivity index (χ3n) is 3.30. The van der Waals surface area contributed by atoms with Crippen LogP contribution in [0.3, 0.4) is 0 Å². The maximum atomic E-state index is 9.75. The van der Waals surface area contributed by atoms with Gasteiger partial charge in [-0.3, -0.25) is 0 Å². The maximum Gasteiger partial charge on any atom is 0.0651 e. The fourth-order valence-electron chi connectivity index (χ4n) is 2.60. The Bertz CT molecular complexity index is 153. The summed E-state index contributed by atoms with van der Waals surface area (Å²) in [6.45, 7) is 1.95. The Morgan fingerprint density at radius 1 is 1.50 bits per heavy atom. The van der Waals surface area contributed by atoms with Crippen LogP contribution in [0.1, 0.15) is 26.2 Å². The second-order valence-electron chi connectivity index (χ2n) is 4.15. The van der Waals surface area contributed by atoms with Crippen molar-refractivity contribution in [2.24, 2.45) is 17.6 Å². The average molecular weight is 141 g/mol. The molecule has 2 saturated carbocycles. The Labute approximate surface area is 61.4 Å². The van der Waals surface area contributed by atoms with Crippen molar-refractivity contribution >= 4 is 0 Å². The second kappa shape index (κ2) is 1.74. The van der Waals surface area contributed by atoms with Crippen LogP contribution in [0.4, 0.5) is 0 Å². The highest BCUT2D eigenvalue weighted by atomic mass is 16.3. The molecule has 0 unspecified atom stereocenters. The summed E-state index contributed by atoms with van der Waals surface area (Å²) in [7, 11) is 0. The van der Waals surface area contributed by atoms with Crippen LogP contribution < -0.4 is 5.73 Å². The molecular weight excluding hydrogens is 126 g/mol. The van der Waals surface area contributed by atoms with E-state index in [2.05, 4.69) is 0 Å². The van der Waals surface area contributed by atoms with Crippen molar-refractivity contribution < 1.29 is 5.11 Å². The van der Waals surface area contributed by atoms with E-state index in [0.717, 1.165) is 19.3 Å². The molecule has 0 aliphatic heterocycles. The quantitative estimate of drug-likeness (QED) is 0.516. The fourth-order valence-corrected chi connectivity index (χ4v) is 2.60. The first-order valence-electron chi connectivity index (χ1n) is 4.07. The lowest BCUT2D eigenvalue weighted by Gasteiger charge is -2.30. The van der Waals surface area contributed by atoms with E-state index < -0.39 is 0 Å². The van der Waals surface area contributed by atoms with Crippen molar-refractivity contribution in [2.45, 2.75) is 37.8 Å². The normalized spacial score (nSPS) is 59.7. The topological polar surface area (TPSA) is 46.2 Å². The van der Waals surface area contributed by atoms with Gasteiger partial charge in [-0.15, -0.1) is 0 Å². The van der Waals surface area contributed by atoms with Crippen molar-refractivity contribution in [1.82, 2.24) is 0 Å². The van der Waals surface area contributed by atoms with Gasteiger partial charge in [0.2, 0.25) is 0 Å². The standard InChI is InChI=1S/C8H15NO/c1-8(10)4-5-2-6(8)3-7(5)9/h5-7,10H,2-4,9H2,1H3/t5-,6-,7-,8+/m1/s1. The number of fused-ring (bicyclic) bond motifs is 2. The molecule has 0 aromatic rings. The van der Waals surface area contributed by atoms with E-state index in [1.165, 1.54) is 0 Å². The molecule has 0 aromatic carbocycles. The molecule has 0 aromatic heterocycles. The molecule has 0 heterocycles. The van der Waals surface area contributed by atoms with E-state index in [-0.39, 0.29) is 5.60 Å². The largest absolute Gasteiger partial charge is 0.390 e. The number of hydrogen-bond donors (Lipinski definition) is 2. The van der Waals surface area contributed by atoms with Crippen molar-refractivity contribution in [2.75, 3.05) is 0 Å². The summed E-state index contributed by atoms with van der Waals surface area (Å²) in [5.41, 5.74) is 5.44. The number of hydrogen-bond acceptors (Lipinski definition) is 2. The molecule has 2 nitrogen and oxygen atoms in total. The first-order valence-corrected chi connectivity index (χ1v) is 4.07. The van der Waals surface area contributed by atoms with E-state index in [0.29, 0.717) is 17.9 Å². The molecule has 58 valence electrons. The van der Waals surface area contributed by atoms with Gasteiger partial charge in [-0.25, -0.2) is 0 Å². The van der Waals surface area contributed by atoms with Gasteiger partial charge >= 0.3 is 0 Å². The van der Waals surface area contributed by atoms with Crippen LogP contribution in [-0.4, -0.2) is 16.7 Å². The first kappa shape index (κ1) is 6.62. The van der Waals surface area contributed by atoms with E-state index in [9.17, 15) is 5.11 Å². The monoisotopic (exact) mass is 141 g/mol. The average Bonchev–Trinajstić information content (AvgIpc) is 2.21. The highest BCUT2D eigenvalue weighted by molar-refractivity contribution is 5.03. The number of aliphatic hydroxyl groups is 1. The molecule has 2 heteroatoms. The van der Waals surface area contributed by atoms with Crippen molar-refractivity contribution in [3.05, 3.63) is 0 Å². The third-order valence-corrected chi connectivity index (χ3v) is 3.30. The lowest BCUT2D eigenvalue weighted by Crippen LogP contribution is -2.39. The summed E-state index contributed by atoms with van der Waals surface area (Å²) in [4.78, 5) is 0. The van der Waals surface area contributed by atoms with E-state index in [1.54, 1.807) is 0 Å². The number of nitrogens with two attached hydrogens (primary N) is 1. The van der Waals surface area contributed by atoms with Gasteiger partial charge in [0.25, 0.3) is 0 Å². The second-order valence-corrected chi connectivity index (χ2v) is 4.15. The summed E-state index contributed by atoms with van der Waals surface area (Å²) < 4.78 is 0. The van der Waals surface area contributed by atoms with Crippen LogP contribution in [0.25, 0.3) is 0 Å². The van der Waals surface area contributed by atoms with Gasteiger partial charge in [0.05, 0.1) is 5.60 Å². The highest BCUT2D eigenvalue weighted by Crippen LogP contribution is 2.49. The predicted molar refractivity (Wildman–Crippen MR) is 39.4 cm³/mol. The Kier molecular flexibility index (Phi) is 1.15. The summed E-state index contributed by atoms with van der Waals surface area (Å²) >= 11 is 0. The molecule has 0 spiro atoms. The molecule has 2 fully saturated rings. The lowest BCUT2D eigenvalue weighted by molar-refractivity contribution is 0.00155. The minimum atomic E-state index is -0.388. The molecule has 0 saturated heterocycles. The van der Waals surface area contributed by atoms with Crippen LogP contribution in [-0.2, 0) is 0 Å². The maximum absolute atomic E-state index is 9.75. The third kappa shape index (κ3) is 0.722. The Hall–Kier alpha value is -0.0800. The smallest absolute Gasteiger partial charge is 0.0651 e. The SMILES string of the molecule is C[C@]1(O)C[C@H]2C[C@@H]1C[C@H]2N. The summed E-state index contributed by atoms with van der Waals surface area (Å²) in [5, 5.41) is 9.75. The van der Waals surface area contributed by atoms with Gasteiger partial charge in [-0.2, -0.15) is 0 Å². The summed E-state index contributed by atoms with van der Waals surface area (Å²) in [6, 6.07) is 0.380. The molecule has 2 aliphatic carbocycles. The van der Waals surface area contributed by atoms with Gasteiger partial charge < -0.3 is 10.8 Å². The molecule has 0 amide bonds. The fraction of sp³-hybridized carbons (Fsp3) is 1.00. The molecule has 3 N–H and O–H groups in total. The van der Waals surface area contributed by atoms with Gasteiger partial charge in [0.15, 0.2) is 0 Å². The molecule has 0 radical (unpaired) electrons. The van der Waals surface area contributed by atoms with Gasteiger partial charge in [0, 0.05) is 6.04 Å². The zero-order valence-electron chi connectivity index (χ0n) is 6.38. The van der Waals surface area contributed by atoms with Crippen LogP contribution in [0.5, 0.6) is 0 Å². The van der Waals surface area contributed by atoms with Gasteiger partial charge in [-0.05, 0) is 38.0 Å². The molecular formula is C8H15NO. The Morgan fingerprint density at radius 2 is 2.20 bits per heavy atom. The van der Waals surface area contributed by atoms with Crippen molar-refractivity contribution in [1.29, 1.82) is 0 Å². The first-order chi connectivity index (χ1) is 4.59. The lowest BCUT2D eigenvalue weighted by atomic mass is 9.84. The van der Waals surface area contributed by atoms with E-state index in [1.807, 2.05) is 6.92 Å². The summed E-state index contributed by atoms with van der Waals surface area (Å²) in [6.07, 6.45) is 3.13. The van der Waals surface area contributed by atoms with E-state index >= 15 is 0 Å². The van der Waals surface area contributed by atoms with Crippen molar-refractivity contribution in [3.8, 4) is 0 Å². The Morgan fingerprint density at radius 3 is 2.50 bits per heavy atom. The van der Waals surface area contributed by atoms with Gasteiger partial charge in [0.1, 0.15) is 0 Å². The van der Waals surface area contributed by atoms with Crippen LogP contribution in [0.2, 0.25) is 0 Å². The minimum absolute atomic E-state index is 0.380. The zero-order chi connectivity index (χ0) is 7.35. The molecule has 10 heavy (non-hydrogen) atoms. The predicted octanol–water partition coefficient (Wildman–Crippen LogP) is 0.495. The van der Waals surface area contributed by atoms with Crippen LogP contribution >= 0.6 is 0 Å². The van der Waals surface area contributed by atoms with Crippen molar-refractivity contribution in [3.63, 3.8) is 0 Å². The molecule has 4 atom stereocenters. The highest BCUT2D eigenvalue weighted by Gasteiger charge is 2.50. The zero-order valence-corrected chi connectivity index (χ0v) is 6.38. The molecule has 2 bridgehead atoms. The van der Waals surface area contributed by atoms with Crippen LogP contribution in [0.15, 0.2) is 0 Å².